The minimum atomic E-state index is 0.203. The van der Waals surface area contributed by atoms with Gasteiger partial charge in [0.2, 0.25) is 5.89 Å². The van der Waals surface area contributed by atoms with Gasteiger partial charge in [-0.3, -0.25) is 0 Å². The lowest BCUT2D eigenvalue weighted by Crippen LogP contribution is -1.95. The molecule has 0 spiro atoms. The molecule has 112 valence electrons. The molecule has 3 aromatic rings. The Bertz CT molecular complexity index is 736. The summed E-state index contributed by atoms with van der Waals surface area (Å²) >= 11 is 0. The SMILES string of the molecule is COc1ccc(OCc2nnc(-c3ccc(N)cc3)o2)cc1. The van der Waals surface area contributed by atoms with Crippen LogP contribution in [0.1, 0.15) is 5.89 Å². The highest BCUT2D eigenvalue weighted by atomic mass is 16.5. The van der Waals surface area contributed by atoms with Crippen LogP contribution in [0.2, 0.25) is 0 Å². The first-order valence-electron chi connectivity index (χ1n) is 6.70. The van der Waals surface area contributed by atoms with E-state index in [9.17, 15) is 0 Å². The van der Waals surface area contributed by atoms with Crippen LogP contribution in [0.25, 0.3) is 11.5 Å². The Labute approximate surface area is 127 Å². The van der Waals surface area contributed by atoms with E-state index in [4.69, 9.17) is 19.6 Å². The molecule has 0 aliphatic heterocycles. The first-order valence-corrected chi connectivity index (χ1v) is 6.70. The topological polar surface area (TPSA) is 83.4 Å². The zero-order valence-corrected chi connectivity index (χ0v) is 12.0. The molecule has 0 aliphatic rings. The summed E-state index contributed by atoms with van der Waals surface area (Å²) in [5.74, 6) is 2.32. The van der Waals surface area contributed by atoms with E-state index in [0.717, 1.165) is 11.3 Å². The monoisotopic (exact) mass is 297 g/mol. The molecule has 0 unspecified atom stereocenters. The molecule has 2 N–H and O–H groups in total. The Hall–Kier alpha value is -3.02. The summed E-state index contributed by atoms with van der Waals surface area (Å²) in [6, 6.07) is 14.5. The zero-order chi connectivity index (χ0) is 15.4. The third-order valence-corrected chi connectivity index (χ3v) is 3.05. The van der Waals surface area contributed by atoms with Gasteiger partial charge >= 0.3 is 0 Å². The van der Waals surface area contributed by atoms with Crippen molar-refractivity contribution in [2.75, 3.05) is 12.8 Å². The molecule has 0 radical (unpaired) electrons. The van der Waals surface area contributed by atoms with Crippen molar-refractivity contribution in [3.05, 3.63) is 54.4 Å². The maximum Gasteiger partial charge on any atom is 0.254 e. The molecular weight excluding hydrogens is 282 g/mol. The Morgan fingerprint density at radius 1 is 0.955 bits per heavy atom. The van der Waals surface area contributed by atoms with E-state index < -0.39 is 0 Å². The van der Waals surface area contributed by atoms with E-state index >= 15 is 0 Å². The summed E-state index contributed by atoms with van der Waals surface area (Å²) in [6.45, 7) is 0.203. The Morgan fingerprint density at radius 2 is 1.64 bits per heavy atom. The normalized spacial score (nSPS) is 10.4. The molecule has 0 saturated carbocycles. The number of nitrogens with two attached hydrogens (primary N) is 1. The standard InChI is InChI=1S/C16H15N3O3/c1-20-13-6-8-14(9-7-13)21-10-15-18-19-16(22-15)11-2-4-12(17)5-3-11/h2-9H,10,17H2,1H3. The minimum absolute atomic E-state index is 0.203. The molecule has 0 amide bonds. The van der Waals surface area contributed by atoms with E-state index in [1.165, 1.54) is 0 Å². The van der Waals surface area contributed by atoms with Crippen molar-refractivity contribution in [1.82, 2.24) is 10.2 Å². The average molecular weight is 297 g/mol. The number of hydrogen-bond donors (Lipinski definition) is 1. The van der Waals surface area contributed by atoms with Crippen molar-refractivity contribution < 1.29 is 13.9 Å². The number of nitrogen functional groups attached to an aromatic ring is 1. The second kappa shape index (κ2) is 6.17. The first kappa shape index (κ1) is 13.9. The first-order chi connectivity index (χ1) is 10.7. The van der Waals surface area contributed by atoms with Crippen LogP contribution < -0.4 is 15.2 Å². The Balaban J connectivity index is 1.65. The smallest absolute Gasteiger partial charge is 0.254 e. The third-order valence-electron chi connectivity index (χ3n) is 3.05. The summed E-state index contributed by atoms with van der Waals surface area (Å²) in [4.78, 5) is 0. The number of methoxy groups -OCH3 is 1. The van der Waals surface area contributed by atoms with Crippen molar-refractivity contribution in [3.8, 4) is 23.0 Å². The van der Waals surface area contributed by atoms with Crippen LogP contribution in [0.5, 0.6) is 11.5 Å². The van der Waals surface area contributed by atoms with Gasteiger partial charge in [-0.1, -0.05) is 0 Å². The Morgan fingerprint density at radius 3 is 2.32 bits per heavy atom. The summed E-state index contributed by atoms with van der Waals surface area (Å²) in [5.41, 5.74) is 7.15. The lowest BCUT2D eigenvalue weighted by Gasteiger charge is -2.04. The molecule has 22 heavy (non-hydrogen) atoms. The van der Waals surface area contributed by atoms with Crippen LogP contribution in [0.15, 0.2) is 52.9 Å². The lowest BCUT2D eigenvalue weighted by atomic mass is 10.2. The number of rotatable bonds is 5. The van der Waals surface area contributed by atoms with Crippen LogP contribution in [-0.4, -0.2) is 17.3 Å². The second-order valence-electron chi connectivity index (χ2n) is 4.59. The highest BCUT2D eigenvalue weighted by molar-refractivity contribution is 5.56. The van der Waals surface area contributed by atoms with Gasteiger partial charge in [-0.2, -0.15) is 0 Å². The van der Waals surface area contributed by atoms with Crippen molar-refractivity contribution in [2.45, 2.75) is 6.61 Å². The third kappa shape index (κ3) is 3.17. The van der Waals surface area contributed by atoms with Crippen LogP contribution in [-0.2, 0) is 6.61 Å². The fraction of sp³-hybridized carbons (Fsp3) is 0.125. The molecule has 0 saturated heterocycles. The molecule has 0 aliphatic carbocycles. The number of anilines is 1. The molecular formula is C16H15N3O3. The zero-order valence-electron chi connectivity index (χ0n) is 12.0. The molecule has 0 bridgehead atoms. The predicted octanol–water partition coefficient (Wildman–Crippen LogP) is 2.91. The molecule has 0 fully saturated rings. The second-order valence-corrected chi connectivity index (χ2v) is 4.59. The van der Waals surface area contributed by atoms with E-state index in [2.05, 4.69) is 10.2 Å². The molecule has 6 heteroatoms. The summed E-state index contributed by atoms with van der Waals surface area (Å²) in [7, 11) is 1.62. The van der Waals surface area contributed by atoms with Gasteiger partial charge < -0.3 is 19.6 Å². The quantitative estimate of drug-likeness (QED) is 0.729. The number of nitrogens with zero attached hydrogens (tertiary/aromatic N) is 2. The molecule has 2 aromatic carbocycles. The van der Waals surface area contributed by atoms with Gasteiger partial charge in [0.1, 0.15) is 11.5 Å². The summed E-state index contributed by atoms with van der Waals surface area (Å²) in [5, 5.41) is 7.96. The minimum Gasteiger partial charge on any atom is -0.497 e. The van der Waals surface area contributed by atoms with E-state index in [1.807, 2.05) is 36.4 Å². The van der Waals surface area contributed by atoms with Gasteiger partial charge in [-0.15, -0.1) is 10.2 Å². The van der Waals surface area contributed by atoms with Crippen LogP contribution in [0.3, 0.4) is 0 Å². The van der Waals surface area contributed by atoms with E-state index in [-0.39, 0.29) is 6.61 Å². The van der Waals surface area contributed by atoms with Crippen molar-refractivity contribution >= 4 is 5.69 Å². The highest BCUT2D eigenvalue weighted by Crippen LogP contribution is 2.21. The summed E-state index contributed by atoms with van der Waals surface area (Å²) in [6.07, 6.45) is 0. The molecule has 1 aromatic heterocycles. The van der Waals surface area contributed by atoms with E-state index in [0.29, 0.717) is 23.2 Å². The Kier molecular flexibility index (Phi) is 3.91. The average Bonchev–Trinajstić information content (AvgIpc) is 3.03. The lowest BCUT2D eigenvalue weighted by molar-refractivity contribution is 0.264. The van der Waals surface area contributed by atoms with Crippen molar-refractivity contribution in [1.29, 1.82) is 0 Å². The fourth-order valence-electron chi connectivity index (χ4n) is 1.87. The number of hydrogen-bond acceptors (Lipinski definition) is 6. The highest BCUT2D eigenvalue weighted by Gasteiger charge is 2.09. The van der Waals surface area contributed by atoms with Gasteiger partial charge in [0.05, 0.1) is 7.11 Å². The van der Waals surface area contributed by atoms with Crippen LogP contribution in [0, 0.1) is 0 Å². The van der Waals surface area contributed by atoms with Gasteiger partial charge in [-0.25, -0.2) is 0 Å². The van der Waals surface area contributed by atoms with Crippen molar-refractivity contribution in [2.24, 2.45) is 0 Å². The molecule has 0 atom stereocenters. The van der Waals surface area contributed by atoms with Gasteiger partial charge in [-0.05, 0) is 48.5 Å². The number of benzene rings is 2. The molecule has 1 heterocycles. The predicted molar refractivity (Wildman–Crippen MR) is 81.5 cm³/mol. The maximum absolute atomic E-state index is 5.65. The van der Waals surface area contributed by atoms with Crippen LogP contribution in [0.4, 0.5) is 5.69 Å². The summed E-state index contributed by atoms with van der Waals surface area (Å²) < 4.78 is 16.2. The van der Waals surface area contributed by atoms with Crippen LogP contribution >= 0.6 is 0 Å². The van der Waals surface area contributed by atoms with Gasteiger partial charge in [0.25, 0.3) is 5.89 Å². The van der Waals surface area contributed by atoms with Gasteiger partial charge in [0.15, 0.2) is 6.61 Å². The number of ether oxygens (including phenoxy) is 2. The molecule has 3 rings (SSSR count). The van der Waals surface area contributed by atoms with Crippen molar-refractivity contribution in [3.63, 3.8) is 0 Å². The molecule has 6 nitrogen and oxygen atoms in total. The fourth-order valence-corrected chi connectivity index (χ4v) is 1.87. The van der Waals surface area contributed by atoms with E-state index in [1.54, 1.807) is 19.2 Å². The maximum atomic E-state index is 5.65. The largest absolute Gasteiger partial charge is 0.497 e. The number of aromatic nitrogens is 2. The van der Waals surface area contributed by atoms with Gasteiger partial charge in [0, 0.05) is 11.3 Å².